The number of nitrogens with zero attached hydrogens (tertiary/aromatic N) is 3. The van der Waals surface area contributed by atoms with Crippen LogP contribution in [-0.2, 0) is 13.0 Å². The van der Waals surface area contributed by atoms with E-state index in [4.69, 9.17) is 5.73 Å². The van der Waals surface area contributed by atoms with E-state index in [2.05, 4.69) is 46.1 Å². The van der Waals surface area contributed by atoms with Crippen LogP contribution in [0.1, 0.15) is 23.7 Å². The largest absolute Gasteiger partial charge is 0.326 e. The number of hydrogen-bond acceptors (Lipinski definition) is 4. The van der Waals surface area contributed by atoms with Crippen LogP contribution in [0.3, 0.4) is 0 Å². The summed E-state index contributed by atoms with van der Waals surface area (Å²) in [5.41, 5.74) is 10.2. The summed E-state index contributed by atoms with van der Waals surface area (Å²) in [6, 6.07) is 8.84. The highest BCUT2D eigenvalue weighted by Gasteiger charge is 2.28. The number of fused-ring (bicyclic) bond motifs is 1. The first-order valence-corrected chi connectivity index (χ1v) is 6.60. The molecule has 1 unspecified atom stereocenters. The average Bonchev–Trinajstić information content (AvgIpc) is 2.74. The molecule has 2 aromatic rings. The van der Waals surface area contributed by atoms with Gasteiger partial charge in [0.05, 0.1) is 0 Å². The fourth-order valence-corrected chi connectivity index (χ4v) is 2.67. The first-order chi connectivity index (χ1) is 9.20. The molecule has 4 heteroatoms. The van der Waals surface area contributed by atoms with Gasteiger partial charge in [-0.15, -0.1) is 0 Å². The summed E-state index contributed by atoms with van der Waals surface area (Å²) in [6.07, 6.45) is 2.88. The molecule has 0 bridgehead atoms. The Balaban J connectivity index is 2.05. The van der Waals surface area contributed by atoms with E-state index in [-0.39, 0.29) is 0 Å². The van der Waals surface area contributed by atoms with Crippen LogP contribution >= 0.6 is 0 Å². The van der Waals surface area contributed by atoms with Crippen molar-refractivity contribution >= 4 is 11.6 Å². The highest BCUT2D eigenvalue weighted by Crippen LogP contribution is 2.36. The Hall–Kier alpha value is -1.94. The Morgan fingerprint density at radius 2 is 2.16 bits per heavy atom. The number of nitrogens with two attached hydrogens (primary N) is 1. The number of benzene rings is 1. The van der Waals surface area contributed by atoms with Crippen LogP contribution in [0.15, 0.2) is 30.5 Å². The third-order valence-corrected chi connectivity index (χ3v) is 3.71. The third kappa shape index (κ3) is 1.98. The van der Waals surface area contributed by atoms with Gasteiger partial charge in [-0.25, -0.2) is 9.97 Å². The topological polar surface area (TPSA) is 55.0 Å². The Kier molecular flexibility index (Phi) is 2.95. The molecule has 0 aliphatic carbocycles. The molecule has 0 radical (unpaired) electrons. The van der Waals surface area contributed by atoms with Crippen LogP contribution in [0.4, 0.5) is 11.6 Å². The van der Waals surface area contributed by atoms with Crippen molar-refractivity contribution < 1.29 is 0 Å². The van der Waals surface area contributed by atoms with E-state index in [0.717, 1.165) is 23.6 Å². The van der Waals surface area contributed by atoms with E-state index in [9.17, 15) is 0 Å². The normalized spacial score (nSPS) is 17.6. The zero-order valence-electron chi connectivity index (χ0n) is 11.3. The van der Waals surface area contributed by atoms with Gasteiger partial charge in [0.1, 0.15) is 0 Å². The van der Waals surface area contributed by atoms with Gasteiger partial charge in [-0.1, -0.05) is 18.2 Å². The van der Waals surface area contributed by atoms with Crippen molar-refractivity contribution in [1.82, 2.24) is 9.97 Å². The molecule has 1 aliphatic heterocycles. The number of aryl methyl sites for hydroxylation is 1. The number of anilines is 2. The van der Waals surface area contributed by atoms with E-state index >= 15 is 0 Å². The zero-order chi connectivity index (χ0) is 13.4. The Labute approximate surface area is 113 Å². The molecule has 2 heterocycles. The monoisotopic (exact) mass is 254 g/mol. The van der Waals surface area contributed by atoms with Gasteiger partial charge in [0.2, 0.25) is 5.95 Å². The molecule has 1 aromatic heterocycles. The van der Waals surface area contributed by atoms with Crippen molar-refractivity contribution in [1.29, 1.82) is 0 Å². The van der Waals surface area contributed by atoms with Crippen LogP contribution in [0, 0.1) is 6.92 Å². The minimum absolute atomic E-state index is 0.389. The maximum Gasteiger partial charge on any atom is 0.230 e. The zero-order valence-corrected chi connectivity index (χ0v) is 11.3. The van der Waals surface area contributed by atoms with Gasteiger partial charge in [-0.3, -0.25) is 0 Å². The molecule has 4 nitrogen and oxygen atoms in total. The molecule has 1 aromatic carbocycles. The summed E-state index contributed by atoms with van der Waals surface area (Å²) in [5, 5.41) is 0. The molecule has 19 heavy (non-hydrogen) atoms. The molecule has 0 spiro atoms. The molecule has 0 amide bonds. The van der Waals surface area contributed by atoms with Gasteiger partial charge in [0, 0.05) is 35.7 Å². The van der Waals surface area contributed by atoms with Crippen LogP contribution in [0.2, 0.25) is 0 Å². The summed E-state index contributed by atoms with van der Waals surface area (Å²) in [4.78, 5) is 11.3. The Morgan fingerprint density at radius 1 is 1.37 bits per heavy atom. The fourth-order valence-electron chi connectivity index (χ4n) is 2.67. The molecule has 0 fully saturated rings. The molecule has 0 saturated heterocycles. The number of rotatable bonds is 2. The maximum atomic E-state index is 5.66. The number of aromatic nitrogens is 2. The van der Waals surface area contributed by atoms with Gasteiger partial charge < -0.3 is 10.6 Å². The van der Waals surface area contributed by atoms with E-state index in [1.165, 1.54) is 11.3 Å². The van der Waals surface area contributed by atoms with Gasteiger partial charge in [-0.2, -0.15) is 0 Å². The number of hydrogen-bond donors (Lipinski definition) is 1. The number of para-hydroxylation sites is 1. The van der Waals surface area contributed by atoms with Crippen molar-refractivity contribution in [3.05, 3.63) is 47.3 Å². The lowest BCUT2D eigenvalue weighted by atomic mass is 10.1. The van der Waals surface area contributed by atoms with Crippen molar-refractivity contribution in [3.8, 4) is 0 Å². The highest BCUT2D eigenvalue weighted by atomic mass is 15.3. The summed E-state index contributed by atoms with van der Waals surface area (Å²) in [7, 11) is 0. The fraction of sp³-hybridized carbons (Fsp3) is 0.333. The van der Waals surface area contributed by atoms with Crippen LogP contribution in [0.25, 0.3) is 0 Å². The smallest absolute Gasteiger partial charge is 0.230 e. The first kappa shape index (κ1) is 12.1. The van der Waals surface area contributed by atoms with Gasteiger partial charge in [0.25, 0.3) is 0 Å². The molecular weight excluding hydrogens is 236 g/mol. The average molecular weight is 254 g/mol. The molecular formula is C15H18N4. The van der Waals surface area contributed by atoms with Gasteiger partial charge in [0.15, 0.2) is 0 Å². The standard InChI is InChI=1S/C15H18N4/c1-10-7-12-5-3-4-6-14(12)19(10)15-17-9-13(8-16)11(2)18-15/h3-6,9-10H,7-8,16H2,1-2H3. The summed E-state index contributed by atoms with van der Waals surface area (Å²) in [6.45, 7) is 4.67. The minimum Gasteiger partial charge on any atom is -0.326 e. The molecule has 98 valence electrons. The van der Waals surface area contributed by atoms with Crippen LogP contribution < -0.4 is 10.6 Å². The lowest BCUT2D eigenvalue weighted by Crippen LogP contribution is -2.26. The van der Waals surface area contributed by atoms with E-state index in [0.29, 0.717) is 12.6 Å². The predicted molar refractivity (Wildman–Crippen MR) is 76.4 cm³/mol. The second-order valence-electron chi connectivity index (χ2n) is 5.04. The highest BCUT2D eigenvalue weighted by molar-refractivity contribution is 5.67. The predicted octanol–water partition coefficient (Wildman–Crippen LogP) is 2.33. The summed E-state index contributed by atoms with van der Waals surface area (Å²) in [5.74, 6) is 0.771. The van der Waals surface area contributed by atoms with Crippen molar-refractivity contribution in [2.45, 2.75) is 32.9 Å². The Morgan fingerprint density at radius 3 is 2.89 bits per heavy atom. The lowest BCUT2D eigenvalue weighted by Gasteiger charge is -2.23. The van der Waals surface area contributed by atoms with E-state index < -0.39 is 0 Å². The maximum absolute atomic E-state index is 5.66. The third-order valence-electron chi connectivity index (χ3n) is 3.71. The summed E-state index contributed by atoms with van der Waals surface area (Å²) < 4.78 is 0. The Bertz CT molecular complexity index is 609. The minimum atomic E-state index is 0.389. The van der Waals surface area contributed by atoms with Crippen LogP contribution in [0.5, 0.6) is 0 Å². The molecule has 2 N–H and O–H groups in total. The molecule has 1 atom stereocenters. The van der Waals surface area contributed by atoms with Crippen molar-refractivity contribution in [2.75, 3.05) is 4.90 Å². The van der Waals surface area contributed by atoms with Crippen molar-refractivity contribution in [3.63, 3.8) is 0 Å². The SMILES string of the molecule is Cc1nc(N2c3ccccc3CC2C)ncc1CN. The van der Waals surface area contributed by atoms with Crippen molar-refractivity contribution in [2.24, 2.45) is 5.73 Å². The van der Waals surface area contributed by atoms with E-state index in [1.54, 1.807) is 0 Å². The first-order valence-electron chi connectivity index (χ1n) is 6.60. The van der Waals surface area contributed by atoms with Gasteiger partial charge in [-0.05, 0) is 31.9 Å². The second kappa shape index (κ2) is 4.63. The molecule has 0 saturated carbocycles. The lowest BCUT2D eigenvalue weighted by molar-refractivity contribution is 0.735. The van der Waals surface area contributed by atoms with E-state index in [1.807, 2.05) is 13.1 Å². The molecule has 3 rings (SSSR count). The molecule has 1 aliphatic rings. The summed E-state index contributed by atoms with van der Waals surface area (Å²) >= 11 is 0. The van der Waals surface area contributed by atoms with Crippen LogP contribution in [-0.4, -0.2) is 16.0 Å². The van der Waals surface area contributed by atoms with Gasteiger partial charge >= 0.3 is 0 Å². The quantitative estimate of drug-likeness (QED) is 0.893. The second-order valence-corrected chi connectivity index (χ2v) is 5.04.